The summed E-state index contributed by atoms with van der Waals surface area (Å²) in [5.74, 6) is 0.723. The van der Waals surface area contributed by atoms with Crippen molar-refractivity contribution in [2.75, 3.05) is 6.61 Å². The second-order valence-electron chi connectivity index (χ2n) is 6.99. The lowest BCUT2D eigenvalue weighted by Crippen LogP contribution is -2.35. The summed E-state index contributed by atoms with van der Waals surface area (Å²) in [7, 11) is 0. The van der Waals surface area contributed by atoms with Crippen molar-refractivity contribution < 1.29 is 4.74 Å². The molecule has 0 aliphatic carbocycles. The van der Waals surface area contributed by atoms with Crippen LogP contribution in [-0.4, -0.2) is 17.1 Å². The third kappa shape index (κ3) is 5.60. The lowest BCUT2D eigenvalue weighted by molar-refractivity contribution is 0.322. The summed E-state index contributed by atoms with van der Waals surface area (Å²) in [6, 6.07) is 4.19. The normalized spacial score (nSPS) is 12.6. The maximum atomic E-state index is 5.58. The first-order valence-electron chi connectivity index (χ1n) is 7.01. The van der Waals surface area contributed by atoms with E-state index >= 15 is 0 Å². The molecule has 0 radical (unpaired) electrons. The lowest BCUT2D eigenvalue weighted by Gasteiger charge is -2.23. The Morgan fingerprint density at radius 1 is 1.11 bits per heavy atom. The van der Waals surface area contributed by atoms with Crippen LogP contribution in [-0.2, 0) is 12.0 Å². The van der Waals surface area contributed by atoms with E-state index in [1.807, 2.05) is 13.0 Å². The van der Waals surface area contributed by atoms with Crippen molar-refractivity contribution in [3.63, 3.8) is 0 Å². The molecule has 1 N–H and O–H groups in total. The van der Waals surface area contributed by atoms with E-state index < -0.39 is 0 Å². The van der Waals surface area contributed by atoms with Gasteiger partial charge in [0.2, 0.25) is 5.88 Å². The van der Waals surface area contributed by atoms with Gasteiger partial charge in [-0.1, -0.05) is 20.8 Å². The third-order valence-corrected chi connectivity index (χ3v) is 2.75. The molecule has 0 amide bonds. The van der Waals surface area contributed by atoms with E-state index in [0.717, 1.165) is 18.1 Å². The van der Waals surface area contributed by atoms with E-state index in [1.165, 1.54) is 5.56 Å². The van der Waals surface area contributed by atoms with E-state index in [9.17, 15) is 0 Å². The van der Waals surface area contributed by atoms with Gasteiger partial charge in [0.25, 0.3) is 0 Å². The van der Waals surface area contributed by atoms with Crippen molar-refractivity contribution in [1.29, 1.82) is 0 Å². The van der Waals surface area contributed by atoms with Crippen LogP contribution in [0.3, 0.4) is 0 Å². The number of hydrogen-bond donors (Lipinski definition) is 1. The van der Waals surface area contributed by atoms with Gasteiger partial charge in [-0.2, -0.15) is 0 Å². The molecule has 1 rings (SSSR count). The highest BCUT2D eigenvalue weighted by atomic mass is 16.5. The summed E-state index contributed by atoms with van der Waals surface area (Å²) in [6.45, 7) is 16.5. The van der Waals surface area contributed by atoms with Crippen molar-refractivity contribution in [3.05, 3.63) is 23.4 Å². The molecular formula is C16H28N2O. The molecule has 0 aliphatic heterocycles. The van der Waals surface area contributed by atoms with Crippen molar-refractivity contribution in [3.8, 4) is 5.88 Å². The lowest BCUT2D eigenvalue weighted by atomic mass is 9.90. The van der Waals surface area contributed by atoms with Crippen LogP contribution in [0.5, 0.6) is 5.88 Å². The Morgan fingerprint density at radius 2 is 1.74 bits per heavy atom. The largest absolute Gasteiger partial charge is 0.478 e. The van der Waals surface area contributed by atoms with Crippen molar-refractivity contribution >= 4 is 0 Å². The fourth-order valence-corrected chi connectivity index (χ4v) is 1.63. The van der Waals surface area contributed by atoms with E-state index in [-0.39, 0.29) is 11.0 Å². The van der Waals surface area contributed by atoms with Gasteiger partial charge in [0, 0.05) is 23.6 Å². The Labute approximate surface area is 117 Å². The first-order chi connectivity index (χ1) is 8.62. The summed E-state index contributed by atoms with van der Waals surface area (Å²) < 4.78 is 5.58. The van der Waals surface area contributed by atoms with Gasteiger partial charge in [-0.3, -0.25) is 0 Å². The van der Waals surface area contributed by atoms with Crippen molar-refractivity contribution in [2.24, 2.45) is 0 Å². The molecule has 1 aromatic rings. The number of aromatic nitrogens is 1. The van der Waals surface area contributed by atoms with Crippen LogP contribution < -0.4 is 10.1 Å². The minimum absolute atomic E-state index is 0.0313. The fraction of sp³-hybridized carbons (Fsp3) is 0.688. The summed E-state index contributed by atoms with van der Waals surface area (Å²) in [5.41, 5.74) is 2.43. The number of hydrogen-bond acceptors (Lipinski definition) is 3. The topological polar surface area (TPSA) is 34.1 Å². The number of nitrogens with one attached hydrogen (secondary N) is 1. The van der Waals surface area contributed by atoms with Gasteiger partial charge in [0.15, 0.2) is 0 Å². The van der Waals surface area contributed by atoms with Gasteiger partial charge in [0.1, 0.15) is 0 Å². The van der Waals surface area contributed by atoms with Crippen LogP contribution in [0.4, 0.5) is 0 Å². The second kappa shape index (κ2) is 5.91. The molecule has 0 aromatic carbocycles. The summed E-state index contributed by atoms with van der Waals surface area (Å²) >= 11 is 0. The molecular weight excluding hydrogens is 236 g/mol. The molecule has 1 heterocycles. The van der Waals surface area contributed by atoms with Gasteiger partial charge in [-0.05, 0) is 39.3 Å². The molecule has 19 heavy (non-hydrogen) atoms. The predicted octanol–water partition coefficient (Wildman–Crippen LogP) is 3.67. The molecule has 0 unspecified atom stereocenters. The molecule has 0 spiro atoms. The monoisotopic (exact) mass is 264 g/mol. The zero-order valence-electron chi connectivity index (χ0n) is 13.4. The van der Waals surface area contributed by atoms with Gasteiger partial charge in [0.05, 0.1) is 12.3 Å². The average Bonchev–Trinajstić information content (AvgIpc) is 2.24. The van der Waals surface area contributed by atoms with Crippen LogP contribution in [0.15, 0.2) is 12.1 Å². The molecule has 0 bridgehead atoms. The van der Waals surface area contributed by atoms with Crippen molar-refractivity contribution in [1.82, 2.24) is 10.3 Å². The minimum atomic E-state index is 0.0313. The second-order valence-corrected chi connectivity index (χ2v) is 6.99. The minimum Gasteiger partial charge on any atom is -0.478 e. The smallest absolute Gasteiger partial charge is 0.213 e. The molecule has 0 atom stereocenters. The van der Waals surface area contributed by atoms with Gasteiger partial charge in [-0.25, -0.2) is 4.98 Å². The van der Waals surface area contributed by atoms with Gasteiger partial charge >= 0.3 is 0 Å². The molecule has 3 nitrogen and oxygen atoms in total. The highest BCUT2D eigenvalue weighted by Gasteiger charge is 2.18. The van der Waals surface area contributed by atoms with E-state index in [1.54, 1.807) is 0 Å². The third-order valence-electron chi connectivity index (χ3n) is 2.75. The predicted molar refractivity (Wildman–Crippen MR) is 80.7 cm³/mol. The van der Waals surface area contributed by atoms with Gasteiger partial charge < -0.3 is 10.1 Å². The number of rotatable bonds is 4. The first kappa shape index (κ1) is 16.0. The maximum Gasteiger partial charge on any atom is 0.213 e. The summed E-state index contributed by atoms with van der Waals surface area (Å²) in [5, 5.41) is 3.50. The molecule has 0 fully saturated rings. The van der Waals surface area contributed by atoms with E-state index in [2.05, 4.69) is 57.9 Å². The Hall–Kier alpha value is -1.09. The molecule has 108 valence electrons. The summed E-state index contributed by atoms with van der Waals surface area (Å²) in [4.78, 5) is 4.59. The van der Waals surface area contributed by atoms with E-state index in [0.29, 0.717) is 6.61 Å². The summed E-state index contributed by atoms with van der Waals surface area (Å²) in [6.07, 6.45) is 0. The Bertz CT molecular complexity index is 414. The van der Waals surface area contributed by atoms with Crippen LogP contribution in [0, 0.1) is 0 Å². The average molecular weight is 264 g/mol. The highest BCUT2D eigenvalue weighted by Crippen LogP contribution is 2.24. The zero-order valence-corrected chi connectivity index (χ0v) is 13.4. The quantitative estimate of drug-likeness (QED) is 0.901. The molecule has 3 heteroatoms. The highest BCUT2D eigenvalue weighted by molar-refractivity contribution is 5.28. The zero-order chi connectivity index (χ0) is 14.7. The van der Waals surface area contributed by atoms with Crippen LogP contribution in [0.2, 0.25) is 0 Å². The van der Waals surface area contributed by atoms with Crippen LogP contribution in [0.1, 0.15) is 59.7 Å². The fourth-order valence-electron chi connectivity index (χ4n) is 1.63. The maximum absolute atomic E-state index is 5.58. The standard InChI is InChI=1S/C16H28N2O/c1-8-19-14-10-12(11-17-16(5,6)7)9-13(18-14)15(2,3)4/h9-10,17H,8,11H2,1-7H3. The first-order valence-corrected chi connectivity index (χ1v) is 7.01. The van der Waals surface area contributed by atoms with Gasteiger partial charge in [-0.15, -0.1) is 0 Å². The molecule has 1 aromatic heterocycles. The van der Waals surface area contributed by atoms with Crippen molar-refractivity contribution in [2.45, 2.75) is 66.0 Å². The number of nitrogens with zero attached hydrogens (tertiary/aromatic N) is 1. The molecule has 0 saturated carbocycles. The van der Waals surface area contributed by atoms with Crippen LogP contribution >= 0.6 is 0 Å². The SMILES string of the molecule is CCOc1cc(CNC(C)(C)C)cc(C(C)(C)C)n1. The Kier molecular flexibility index (Phi) is 4.97. The number of ether oxygens (including phenoxy) is 1. The number of pyridine rings is 1. The molecule has 0 saturated heterocycles. The Balaban J connectivity index is 3.00. The molecule has 0 aliphatic rings. The van der Waals surface area contributed by atoms with E-state index in [4.69, 9.17) is 4.74 Å². The van der Waals surface area contributed by atoms with Crippen LogP contribution in [0.25, 0.3) is 0 Å². The Morgan fingerprint density at radius 3 is 2.21 bits per heavy atom.